The number of nitrogens with zero attached hydrogens (tertiary/aromatic N) is 8. The first-order chi connectivity index (χ1) is 17.9. The maximum Gasteiger partial charge on any atom is 0.320 e. The van der Waals surface area contributed by atoms with E-state index in [1.807, 2.05) is 36.2 Å². The molecule has 0 bridgehead atoms. The van der Waals surface area contributed by atoms with E-state index in [4.69, 9.17) is 9.72 Å². The summed E-state index contributed by atoms with van der Waals surface area (Å²) in [6.07, 6.45) is 4.84. The molecule has 2 fully saturated rings. The number of aromatic amines is 1. The summed E-state index contributed by atoms with van der Waals surface area (Å²) in [7, 11) is 2.13. The van der Waals surface area contributed by atoms with E-state index >= 15 is 0 Å². The summed E-state index contributed by atoms with van der Waals surface area (Å²) >= 11 is 0. The Morgan fingerprint density at radius 2 is 1.95 bits per heavy atom. The van der Waals surface area contributed by atoms with Crippen molar-refractivity contribution < 1.29 is 9.53 Å². The second-order valence-corrected chi connectivity index (χ2v) is 9.65. The minimum atomic E-state index is -0.0755. The predicted molar refractivity (Wildman–Crippen MR) is 140 cm³/mol. The summed E-state index contributed by atoms with van der Waals surface area (Å²) in [5.74, 6) is 2.20. The van der Waals surface area contributed by atoms with Gasteiger partial charge >= 0.3 is 6.01 Å². The molecule has 0 radical (unpaired) electrons. The van der Waals surface area contributed by atoms with Gasteiger partial charge in [-0.2, -0.15) is 20.2 Å². The van der Waals surface area contributed by atoms with Crippen LogP contribution in [-0.4, -0.2) is 98.1 Å². The van der Waals surface area contributed by atoms with Crippen LogP contribution in [0.5, 0.6) is 6.01 Å². The van der Waals surface area contributed by atoms with Crippen LogP contribution >= 0.6 is 0 Å². The lowest BCUT2D eigenvalue weighted by Gasteiger charge is -2.34. The highest BCUT2D eigenvalue weighted by Crippen LogP contribution is 2.25. The van der Waals surface area contributed by atoms with Crippen molar-refractivity contribution >= 4 is 23.4 Å². The van der Waals surface area contributed by atoms with Gasteiger partial charge in [0.15, 0.2) is 0 Å². The Labute approximate surface area is 216 Å². The fraction of sp³-hybridized carbons (Fsp3) is 0.480. The largest absolute Gasteiger partial charge is 0.460 e. The molecular weight excluding hydrogens is 472 g/mol. The third-order valence-electron chi connectivity index (χ3n) is 6.70. The number of ether oxygens (including phenoxy) is 1. The van der Waals surface area contributed by atoms with Crippen LogP contribution < -0.4 is 15.0 Å². The average molecular weight is 507 g/mol. The van der Waals surface area contributed by atoms with Crippen LogP contribution in [0.3, 0.4) is 0 Å². The molecule has 2 N–H and O–H groups in total. The minimum Gasteiger partial charge on any atom is -0.460 e. The number of anilines is 3. The first-order valence-electron chi connectivity index (χ1n) is 12.7. The summed E-state index contributed by atoms with van der Waals surface area (Å²) in [6, 6.07) is 6.03. The molecule has 3 aromatic heterocycles. The summed E-state index contributed by atoms with van der Waals surface area (Å²) in [5.41, 5.74) is 1.41. The molecule has 0 saturated carbocycles. The molecule has 5 rings (SSSR count). The molecule has 0 aliphatic carbocycles. The van der Waals surface area contributed by atoms with E-state index in [9.17, 15) is 4.79 Å². The van der Waals surface area contributed by atoms with Crippen LogP contribution in [0.1, 0.15) is 18.5 Å². The number of piperazine rings is 1. The molecule has 1 amide bonds. The van der Waals surface area contributed by atoms with Gasteiger partial charge in [0.25, 0.3) is 5.91 Å². The molecule has 12 nitrogen and oxygen atoms in total. The highest BCUT2D eigenvalue weighted by molar-refractivity contribution is 5.92. The second-order valence-electron chi connectivity index (χ2n) is 9.65. The topological polar surface area (TPSA) is 120 Å². The third kappa shape index (κ3) is 6.26. The number of piperidine rings is 1. The molecular formula is C25H34N10O2. The van der Waals surface area contributed by atoms with Crippen LogP contribution in [0.15, 0.2) is 42.7 Å². The fourth-order valence-electron chi connectivity index (χ4n) is 4.56. The highest BCUT2D eigenvalue weighted by Gasteiger charge is 2.27. The van der Waals surface area contributed by atoms with Gasteiger partial charge in [-0.05, 0) is 20.0 Å². The molecule has 37 heavy (non-hydrogen) atoms. The summed E-state index contributed by atoms with van der Waals surface area (Å²) in [5, 5.41) is 14.6. The van der Waals surface area contributed by atoms with Crippen LogP contribution in [-0.2, 0) is 11.3 Å². The molecule has 196 valence electrons. The van der Waals surface area contributed by atoms with Crippen molar-refractivity contribution in [2.45, 2.75) is 32.4 Å². The molecule has 2 saturated heterocycles. The number of carbonyl (C=O) groups excluding carboxylic acids is 1. The Kier molecular flexibility index (Phi) is 7.35. The molecule has 5 heterocycles. The van der Waals surface area contributed by atoms with Gasteiger partial charge in [-0.3, -0.25) is 14.6 Å². The van der Waals surface area contributed by atoms with Crippen LogP contribution in [0, 0.1) is 6.92 Å². The van der Waals surface area contributed by atoms with E-state index in [1.54, 1.807) is 10.9 Å². The molecule has 12 heteroatoms. The van der Waals surface area contributed by atoms with Crippen molar-refractivity contribution in [1.82, 2.24) is 39.7 Å². The third-order valence-corrected chi connectivity index (χ3v) is 6.70. The van der Waals surface area contributed by atoms with Crippen molar-refractivity contribution in [3.63, 3.8) is 0 Å². The van der Waals surface area contributed by atoms with Crippen molar-refractivity contribution in [1.29, 1.82) is 0 Å². The molecule has 0 spiro atoms. The summed E-state index contributed by atoms with van der Waals surface area (Å²) < 4.78 is 7.97. The first kappa shape index (κ1) is 24.8. The van der Waals surface area contributed by atoms with Gasteiger partial charge in [0.05, 0.1) is 12.2 Å². The summed E-state index contributed by atoms with van der Waals surface area (Å²) in [6.45, 7) is 11.2. The number of carbonyl (C=O) groups is 1. The number of H-pyrrole nitrogens is 1. The number of nitrogens with one attached hydrogen (secondary N) is 2. The molecule has 2 aliphatic rings. The smallest absolute Gasteiger partial charge is 0.320 e. The Morgan fingerprint density at radius 1 is 1.16 bits per heavy atom. The van der Waals surface area contributed by atoms with Crippen molar-refractivity contribution in [3.05, 3.63) is 48.4 Å². The average Bonchev–Trinajstić information content (AvgIpc) is 3.56. The highest BCUT2D eigenvalue weighted by atomic mass is 16.5. The van der Waals surface area contributed by atoms with Gasteiger partial charge < -0.3 is 24.8 Å². The van der Waals surface area contributed by atoms with E-state index in [1.165, 1.54) is 0 Å². The molecule has 3 aromatic rings. The van der Waals surface area contributed by atoms with Crippen molar-refractivity contribution in [2.24, 2.45) is 0 Å². The van der Waals surface area contributed by atoms with Crippen molar-refractivity contribution in [2.75, 3.05) is 56.5 Å². The minimum absolute atomic E-state index is 0.0383. The fourth-order valence-corrected chi connectivity index (χ4v) is 4.56. The lowest BCUT2D eigenvalue weighted by Crippen LogP contribution is -2.45. The Bertz CT molecular complexity index is 1210. The monoisotopic (exact) mass is 506 g/mol. The Balaban J connectivity index is 1.23. The van der Waals surface area contributed by atoms with Gasteiger partial charge in [0.2, 0.25) is 0 Å². The van der Waals surface area contributed by atoms with Crippen molar-refractivity contribution in [3.8, 4) is 6.01 Å². The van der Waals surface area contributed by atoms with E-state index in [0.717, 1.165) is 43.5 Å². The van der Waals surface area contributed by atoms with E-state index in [-0.39, 0.29) is 12.0 Å². The van der Waals surface area contributed by atoms with Gasteiger partial charge in [0.1, 0.15) is 23.6 Å². The van der Waals surface area contributed by atoms with Crippen LogP contribution in [0.25, 0.3) is 0 Å². The lowest BCUT2D eigenvalue weighted by molar-refractivity contribution is -0.129. The zero-order valence-corrected chi connectivity index (χ0v) is 21.4. The Hall–Kier alpha value is -3.93. The zero-order chi connectivity index (χ0) is 25.8. The number of rotatable bonds is 8. The van der Waals surface area contributed by atoms with Crippen LogP contribution in [0.4, 0.5) is 17.5 Å². The van der Waals surface area contributed by atoms with Gasteiger partial charge in [0, 0.05) is 82.2 Å². The lowest BCUT2D eigenvalue weighted by atomic mass is 10.1. The van der Waals surface area contributed by atoms with E-state index < -0.39 is 0 Å². The molecule has 0 unspecified atom stereocenters. The maximum atomic E-state index is 12.8. The standard InChI is InChI=1S/C25H34N10O2/c1-18(17-35-8-4-7-26-35)24(36)34-9-5-20(6-10-34)37-25-28-21(27-22-15-19(2)30-31-22)16-23(29-25)33-13-11-32(3)12-14-33/h4,7-8,15-16,20H,1,5-6,9-14,17H2,2-3H3,(H2,27,28,29,30,31). The van der Waals surface area contributed by atoms with Gasteiger partial charge in [-0.25, -0.2) is 0 Å². The maximum absolute atomic E-state index is 12.8. The normalized spacial score (nSPS) is 17.1. The SMILES string of the molecule is C=C(Cn1cccn1)C(=O)N1CCC(Oc2nc(Nc3cc(C)n[nH]3)cc(N3CCN(C)CC3)n2)CC1. The zero-order valence-electron chi connectivity index (χ0n) is 21.4. The van der Waals surface area contributed by atoms with Crippen LogP contribution in [0.2, 0.25) is 0 Å². The number of hydrogen-bond acceptors (Lipinski definition) is 9. The number of amides is 1. The van der Waals surface area contributed by atoms with E-state index in [0.29, 0.717) is 49.9 Å². The molecule has 0 aromatic carbocycles. The second kappa shape index (κ2) is 11.0. The number of likely N-dealkylation sites (N-methyl/N-ethyl adjacent to an activating group) is 1. The predicted octanol–water partition coefficient (Wildman–Crippen LogP) is 1.83. The summed E-state index contributed by atoms with van der Waals surface area (Å²) in [4.78, 5) is 28.6. The number of aromatic nitrogens is 6. The van der Waals surface area contributed by atoms with E-state index in [2.05, 4.69) is 49.0 Å². The van der Waals surface area contributed by atoms with Gasteiger partial charge in [-0.1, -0.05) is 6.58 Å². The first-order valence-corrected chi connectivity index (χ1v) is 12.7. The number of likely N-dealkylation sites (tertiary alicyclic amines) is 1. The molecule has 0 atom stereocenters. The number of aryl methyl sites for hydroxylation is 1. The number of hydrogen-bond donors (Lipinski definition) is 2. The molecule has 2 aliphatic heterocycles. The Morgan fingerprint density at radius 3 is 2.62 bits per heavy atom. The van der Waals surface area contributed by atoms with Gasteiger partial charge in [-0.15, -0.1) is 0 Å². The quantitative estimate of drug-likeness (QED) is 0.441.